The molecule has 1 aliphatic rings. The van der Waals surface area contributed by atoms with E-state index < -0.39 is 38.3 Å². The van der Waals surface area contributed by atoms with Crippen LogP contribution in [0.2, 0.25) is 0 Å². The molecule has 45 heavy (non-hydrogen) atoms. The van der Waals surface area contributed by atoms with Gasteiger partial charge in [-0.15, -0.1) is 11.3 Å². The summed E-state index contributed by atoms with van der Waals surface area (Å²) in [4.78, 5) is 15.2. The van der Waals surface area contributed by atoms with Crippen LogP contribution in [0.5, 0.6) is 5.75 Å². The Balaban J connectivity index is 1.46. The minimum absolute atomic E-state index is 0.0981. The van der Waals surface area contributed by atoms with Gasteiger partial charge in [-0.3, -0.25) is 0 Å². The monoisotopic (exact) mass is 654 g/mol. The molecule has 232 valence electrons. The van der Waals surface area contributed by atoms with Gasteiger partial charge in [-0.05, 0) is 78.8 Å². The SMILES string of the molecule is NS(=O)(=O)c1ccc(Cc2c(-c3ccc(F)c(OCc4cccc(F)c4)c3)nn(-c3nc(C(=O)O)cs3)c2CC2CC2)cc1F. The lowest BCUT2D eigenvalue weighted by Gasteiger charge is -2.11. The zero-order valence-electron chi connectivity index (χ0n) is 23.4. The number of benzene rings is 3. The van der Waals surface area contributed by atoms with Crippen molar-refractivity contribution in [2.75, 3.05) is 0 Å². The summed E-state index contributed by atoms with van der Waals surface area (Å²) in [6, 6.07) is 13.6. The highest BCUT2D eigenvalue weighted by atomic mass is 32.2. The van der Waals surface area contributed by atoms with E-state index in [1.807, 2.05) is 0 Å². The number of aromatic nitrogens is 3. The Morgan fingerprint density at radius 2 is 1.84 bits per heavy atom. The number of rotatable bonds is 11. The summed E-state index contributed by atoms with van der Waals surface area (Å²) in [5.41, 5.74) is 2.96. The zero-order valence-corrected chi connectivity index (χ0v) is 25.0. The van der Waals surface area contributed by atoms with Crippen molar-refractivity contribution in [1.82, 2.24) is 14.8 Å². The van der Waals surface area contributed by atoms with Gasteiger partial charge in [0.25, 0.3) is 0 Å². The van der Waals surface area contributed by atoms with Gasteiger partial charge < -0.3 is 9.84 Å². The summed E-state index contributed by atoms with van der Waals surface area (Å²) in [6.45, 7) is -0.0981. The first-order chi connectivity index (χ1) is 21.5. The fraction of sp³-hybridized carbons (Fsp3) is 0.194. The molecule has 0 radical (unpaired) electrons. The Bertz CT molecular complexity index is 2040. The molecule has 0 saturated heterocycles. The van der Waals surface area contributed by atoms with Crippen LogP contribution in [-0.2, 0) is 29.5 Å². The van der Waals surface area contributed by atoms with Crippen molar-refractivity contribution in [3.05, 3.63) is 112 Å². The van der Waals surface area contributed by atoms with Crippen molar-refractivity contribution < 1.29 is 36.2 Å². The lowest BCUT2D eigenvalue weighted by Crippen LogP contribution is -2.14. The maximum Gasteiger partial charge on any atom is 0.355 e. The number of carbonyl (C=O) groups is 1. The van der Waals surface area contributed by atoms with Gasteiger partial charge in [0.15, 0.2) is 17.3 Å². The van der Waals surface area contributed by atoms with E-state index in [1.165, 1.54) is 47.8 Å². The Morgan fingerprint density at radius 1 is 1.04 bits per heavy atom. The van der Waals surface area contributed by atoms with Crippen molar-refractivity contribution in [2.45, 2.75) is 37.2 Å². The van der Waals surface area contributed by atoms with Crippen LogP contribution in [0.4, 0.5) is 13.2 Å². The minimum atomic E-state index is -4.28. The number of carboxylic acid groups (broad SMARTS) is 1. The standard InChI is InChI=1S/C31H25F3N4O5S2/c32-21-3-1-2-19(10-21)15-43-27-14-20(7-8-23(27)33)29-22(11-18-6-9-28(24(34)12-18)45(35,41)42)26(13-17-4-5-17)38(37-29)31-36-25(16-44-31)30(39)40/h1-3,6-10,12,14,16-17H,4-5,11,13,15H2,(H,39,40)(H2,35,41,42). The molecule has 5 aromatic rings. The minimum Gasteiger partial charge on any atom is -0.486 e. The van der Waals surface area contributed by atoms with Crippen molar-refractivity contribution in [1.29, 1.82) is 0 Å². The smallest absolute Gasteiger partial charge is 0.355 e. The Labute approximate surface area is 259 Å². The number of primary sulfonamides is 1. The van der Waals surface area contributed by atoms with E-state index in [2.05, 4.69) is 4.98 Å². The lowest BCUT2D eigenvalue weighted by atomic mass is 9.96. The summed E-state index contributed by atoms with van der Waals surface area (Å²) in [5, 5.41) is 21.1. The number of carboxylic acids is 1. The Kier molecular flexibility index (Phi) is 8.20. The van der Waals surface area contributed by atoms with E-state index in [0.29, 0.717) is 51.1 Å². The van der Waals surface area contributed by atoms with E-state index >= 15 is 0 Å². The van der Waals surface area contributed by atoms with Crippen LogP contribution < -0.4 is 9.88 Å². The molecule has 9 nitrogen and oxygen atoms in total. The molecule has 2 aromatic heterocycles. The first kappa shape index (κ1) is 30.5. The molecule has 0 aliphatic heterocycles. The van der Waals surface area contributed by atoms with Gasteiger partial charge in [0.2, 0.25) is 15.2 Å². The molecule has 0 amide bonds. The number of nitrogens with zero attached hydrogens (tertiary/aromatic N) is 3. The Hall–Kier alpha value is -4.53. The topological polar surface area (TPSA) is 137 Å². The molecule has 0 atom stereocenters. The highest BCUT2D eigenvalue weighted by Gasteiger charge is 2.30. The van der Waals surface area contributed by atoms with Gasteiger partial charge in [0.05, 0.1) is 11.4 Å². The third-order valence-corrected chi connectivity index (χ3v) is 9.09. The second kappa shape index (κ2) is 12.1. The summed E-state index contributed by atoms with van der Waals surface area (Å²) in [5.74, 6) is -3.07. The maximum absolute atomic E-state index is 14.9. The predicted molar refractivity (Wildman–Crippen MR) is 159 cm³/mol. The third kappa shape index (κ3) is 6.77. The van der Waals surface area contributed by atoms with Gasteiger partial charge >= 0.3 is 5.97 Å². The molecule has 14 heteroatoms. The summed E-state index contributed by atoms with van der Waals surface area (Å²) < 4.78 is 74.3. The second-order valence-electron chi connectivity index (χ2n) is 10.7. The van der Waals surface area contributed by atoms with Crippen molar-refractivity contribution in [3.8, 4) is 22.1 Å². The second-order valence-corrected chi connectivity index (χ2v) is 13.1. The Morgan fingerprint density at radius 3 is 2.51 bits per heavy atom. The number of nitrogens with two attached hydrogens (primary N) is 1. The molecule has 0 spiro atoms. The number of hydrogen-bond acceptors (Lipinski definition) is 7. The van der Waals surface area contributed by atoms with E-state index in [9.17, 15) is 31.5 Å². The van der Waals surface area contributed by atoms with E-state index in [0.717, 1.165) is 36.3 Å². The first-order valence-electron chi connectivity index (χ1n) is 13.7. The number of aromatic carboxylic acids is 1. The average Bonchev–Trinajstić information content (AvgIpc) is 3.54. The van der Waals surface area contributed by atoms with Crippen molar-refractivity contribution >= 4 is 27.3 Å². The van der Waals surface area contributed by atoms with E-state index in [4.69, 9.17) is 15.0 Å². The van der Waals surface area contributed by atoms with Crippen LogP contribution in [0, 0.1) is 23.4 Å². The molecule has 3 N–H and O–H groups in total. The predicted octanol–water partition coefficient (Wildman–Crippen LogP) is 5.88. The number of thiazole rings is 1. The van der Waals surface area contributed by atoms with Crippen molar-refractivity contribution in [2.24, 2.45) is 11.1 Å². The van der Waals surface area contributed by atoms with Gasteiger partial charge in [-0.1, -0.05) is 18.2 Å². The largest absolute Gasteiger partial charge is 0.486 e. The fourth-order valence-corrected chi connectivity index (χ4v) is 6.33. The first-order valence-corrected chi connectivity index (χ1v) is 16.2. The van der Waals surface area contributed by atoms with Gasteiger partial charge in [0, 0.05) is 22.9 Å². The molecule has 3 aromatic carbocycles. The maximum atomic E-state index is 14.9. The molecule has 1 saturated carbocycles. The van der Waals surface area contributed by atoms with Crippen LogP contribution in [0.15, 0.2) is 70.9 Å². The van der Waals surface area contributed by atoms with Gasteiger partial charge in [-0.2, -0.15) is 5.10 Å². The van der Waals surface area contributed by atoms with Crippen LogP contribution in [0.1, 0.15) is 45.7 Å². The number of hydrogen-bond donors (Lipinski definition) is 2. The number of ether oxygens (including phenoxy) is 1. The molecule has 0 unspecified atom stereocenters. The zero-order chi connectivity index (χ0) is 31.9. The van der Waals surface area contributed by atoms with Crippen molar-refractivity contribution in [3.63, 3.8) is 0 Å². The van der Waals surface area contributed by atoms with Crippen LogP contribution in [0.3, 0.4) is 0 Å². The van der Waals surface area contributed by atoms with E-state index in [1.54, 1.807) is 10.7 Å². The normalized spacial score (nSPS) is 13.2. The highest BCUT2D eigenvalue weighted by molar-refractivity contribution is 7.89. The summed E-state index contributed by atoms with van der Waals surface area (Å²) in [7, 11) is -4.28. The molecular weight excluding hydrogens is 629 g/mol. The van der Waals surface area contributed by atoms with Crippen LogP contribution in [0.25, 0.3) is 16.4 Å². The molecule has 0 bridgehead atoms. The quantitative estimate of drug-likeness (QED) is 0.181. The van der Waals surface area contributed by atoms with Crippen LogP contribution in [-0.4, -0.2) is 34.3 Å². The number of halogens is 3. The summed E-state index contributed by atoms with van der Waals surface area (Å²) >= 11 is 1.09. The molecule has 1 aliphatic carbocycles. The molecular formula is C31H25F3N4O5S2. The van der Waals surface area contributed by atoms with Gasteiger partial charge in [0.1, 0.15) is 23.1 Å². The number of sulfonamides is 1. The fourth-order valence-electron chi connectivity index (χ4n) is 4.96. The highest BCUT2D eigenvalue weighted by Crippen LogP contribution is 2.39. The van der Waals surface area contributed by atoms with Gasteiger partial charge in [-0.25, -0.2) is 41.2 Å². The van der Waals surface area contributed by atoms with E-state index in [-0.39, 0.29) is 24.5 Å². The molecule has 6 rings (SSSR count). The molecule has 1 fully saturated rings. The third-order valence-electron chi connectivity index (χ3n) is 7.33. The average molecular weight is 655 g/mol. The lowest BCUT2D eigenvalue weighted by molar-refractivity contribution is 0.0691. The molecule has 2 heterocycles. The summed E-state index contributed by atoms with van der Waals surface area (Å²) in [6.07, 6.45) is 2.62. The van der Waals surface area contributed by atoms with Crippen LogP contribution >= 0.6 is 11.3 Å².